The van der Waals surface area contributed by atoms with E-state index < -0.39 is 6.10 Å². The molecule has 2 heterocycles. The maximum Gasteiger partial charge on any atom is 0.108 e. The number of aliphatic hydroxyl groups is 1. The van der Waals surface area contributed by atoms with Gasteiger partial charge in [-0.15, -0.1) is 0 Å². The predicted molar refractivity (Wildman–Crippen MR) is 72.6 cm³/mol. The summed E-state index contributed by atoms with van der Waals surface area (Å²) in [6.07, 6.45) is 4.22. The average Bonchev–Trinajstić information content (AvgIpc) is 2.47. The molecule has 4 nitrogen and oxygen atoms in total. The van der Waals surface area contributed by atoms with E-state index in [4.69, 9.17) is 0 Å². The van der Waals surface area contributed by atoms with Gasteiger partial charge in [-0.2, -0.15) is 0 Å². The Morgan fingerprint density at radius 2 is 1.84 bits per heavy atom. The second-order valence-electron chi connectivity index (χ2n) is 4.41. The van der Waals surface area contributed by atoms with Crippen LogP contribution in [0.2, 0.25) is 0 Å². The van der Waals surface area contributed by atoms with Gasteiger partial charge in [0.15, 0.2) is 0 Å². The molecule has 0 radical (unpaired) electrons. The maximum atomic E-state index is 10.5. The number of aliphatic hydroxyl groups excluding tert-OH is 1. The summed E-state index contributed by atoms with van der Waals surface area (Å²) in [7, 11) is 0. The minimum Gasteiger partial charge on any atom is -0.384 e. The summed E-state index contributed by atoms with van der Waals surface area (Å²) < 4.78 is 0. The van der Waals surface area contributed by atoms with Crippen LogP contribution in [0.25, 0.3) is 11.0 Å². The zero-order valence-electron chi connectivity index (χ0n) is 10.5. The molecule has 0 aliphatic rings. The Kier molecular flexibility index (Phi) is 2.93. The molecule has 0 saturated heterocycles. The molecule has 0 saturated carbocycles. The zero-order chi connectivity index (χ0) is 13.2. The Morgan fingerprint density at radius 3 is 2.63 bits per heavy atom. The summed E-state index contributed by atoms with van der Waals surface area (Å²) in [5.74, 6) is 0. The maximum absolute atomic E-state index is 10.5. The van der Waals surface area contributed by atoms with Gasteiger partial charge in [0.05, 0.1) is 11.0 Å². The van der Waals surface area contributed by atoms with Crippen molar-refractivity contribution in [1.29, 1.82) is 0 Å². The summed E-state index contributed by atoms with van der Waals surface area (Å²) in [5.41, 5.74) is 3.92. The van der Waals surface area contributed by atoms with E-state index >= 15 is 0 Å². The fraction of sp³-hybridized carbons (Fsp3) is 0.133. The minimum absolute atomic E-state index is 0.720. The number of aromatic nitrogens is 3. The lowest BCUT2D eigenvalue weighted by Gasteiger charge is -2.12. The molecule has 94 valence electrons. The van der Waals surface area contributed by atoms with Crippen LogP contribution in [0.1, 0.15) is 22.9 Å². The fourth-order valence-corrected chi connectivity index (χ4v) is 2.06. The van der Waals surface area contributed by atoms with Crippen LogP contribution in [0, 0.1) is 6.92 Å². The number of hydrogen-bond acceptors (Lipinski definition) is 4. The molecule has 0 aliphatic carbocycles. The lowest BCUT2D eigenvalue weighted by molar-refractivity contribution is 0.221. The first kappa shape index (κ1) is 11.7. The quantitative estimate of drug-likeness (QED) is 0.760. The van der Waals surface area contributed by atoms with Crippen molar-refractivity contribution in [2.24, 2.45) is 0 Å². The monoisotopic (exact) mass is 251 g/mol. The topological polar surface area (TPSA) is 58.9 Å². The highest BCUT2D eigenvalue weighted by Crippen LogP contribution is 2.26. The molecular weight excluding hydrogens is 238 g/mol. The van der Waals surface area contributed by atoms with Gasteiger partial charge in [-0.3, -0.25) is 15.0 Å². The van der Waals surface area contributed by atoms with Crippen LogP contribution < -0.4 is 0 Å². The van der Waals surface area contributed by atoms with Crippen molar-refractivity contribution < 1.29 is 5.11 Å². The van der Waals surface area contributed by atoms with Crippen LogP contribution in [0.4, 0.5) is 0 Å². The van der Waals surface area contributed by atoms with Crippen molar-refractivity contribution in [3.05, 3.63) is 65.7 Å². The Hall–Kier alpha value is -2.33. The second kappa shape index (κ2) is 4.74. The smallest absolute Gasteiger partial charge is 0.108 e. The highest BCUT2D eigenvalue weighted by molar-refractivity contribution is 5.78. The van der Waals surface area contributed by atoms with Crippen molar-refractivity contribution in [3.63, 3.8) is 0 Å². The third-order valence-electron chi connectivity index (χ3n) is 3.07. The molecule has 0 spiro atoms. The van der Waals surface area contributed by atoms with E-state index in [0.29, 0.717) is 0 Å². The van der Waals surface area contributed by atoms with E-state index in [1.807, 2.05) is 37.3 Å². The predicted octanol–water partition coefficient (Wildman–Crippen LogP) is 2.41. The molecule has 0 aliphatic heterocycles. The van der Waals surface area contributed by atoms with Gasteiger partial charge in [0.2, 0.25) is 0 Å². The molecular formula is C15H13N3O. The summed E-state index contributed by atoms with van der Waals surface area (Å²) in [6, 6.07) is 9.38. The van der Waals surface area contributed by atoms with Crippen molar-refractivity contribution in [2.75, 3.05) is 0 Å². The SMILES string of the molecule is Cc1ccc(C(O)c2cccc3nccnc23)cn1. The first-order valence-electron chi connectivity index (χ1n) is 6.06. The van der Waals surface area contributed by atoms with E-state index in [-0.39, 0.29) is 0 Å². The summed E-state index contributed by atoms with van der Waals surface area (Å²) in [5, 5.41) is 10.5. The number of rotatable bonds is 2. The average molecular weight is 251 g/mol. The van der Waals surface area contributed by atoms with Gasteiger partial charge < -0.3 is 5.11 Å². The van der Waals surface area contributed by atoms with Crippen LogP contribution in [-0.4, -0.2) is 20.1 Å². The normalized spacial score (nSPS) is 12.5. The zero-order valence-corrected chi connectivity index (χ0v) is 10.5. The van der Waals surface area contributed by atoms with Gasteiger partial charge in [0.25, 0.3) is 0 Å². The fourth-order valence-electron chi connectivity index (χ4n) is 2.06. The molecule has 1 N–H and O–H groups in total. The Bertz CT molecular complexity index is 705. The molecule has 0 fully saturated rings. The highest BCUT2D eigenvalue weighted by Gasteiger charge is 2.14. The van der Waals surface area contributed by atoms with Gasteiger partial charge >= 0.3 is 0 Å². The number of benzene rings is 1. The standard InChI is InChI=1S/C15H13N3O/c1-10-5-6-11(9-18-10)15(19)12-3-2-4-13-14(12)17-8-7-16-13/h2-9,15,19H,1H3. The largest absolute Gasteiger partial charge is 0.384 e. The van der Waals surface area contributed by atoms with Crippen LogP contribution in [0.5, 0.6) is 0 Å². The van der Waals surface area contributed by atoms with Crippen molar-refractivity contribution in [2.45, 2.75) is 13.0 Å². The third-order valence-corrected chi connectivity index (χ3v) is 3.07. The van der Waals surface area contributed by atoms with Crippen molar-refractivity contribution in [3.8, 4) is 0 Å². The molecule has 3 aromatic rings. The molecule has 2 aromatic heterocycles. The lowest BCUT2D eigenvalue weighted by atomic mass is 10.0. The van der Waals surface area contributed by atoms with Crippen LogP contribution in [0.15, 0.2) is 48.9 Å². The molecule has 19 heavy (non-hydrogen) atoms. The summed E-state index contributed by atoms with van der Waals surface area (Å²) >= 11 is 0. The first-order chi connectivity index (χ1) is 9.25. The molecule has 4 heteroatoms. The molecule has 1 aromatic carbocycles. The molecule has 0 amide bonds. The van der Waals surface area contributed by atoms with Crippen LogP contribution in [0.3, 0.4) is 0 Å². The molecule has 3 rings (SSSR count). The summed E-state index contributed by atoms with van der Waals surface area (Å²) in [4.78, 5) is 12.8. The first-order valence-corrected chi connectivity index (χ1v) is 6.06. The number of aryl methyl sites for hydroxylation is 1. The highest BCUT2D eigenvalue weighted by atomic mass is 16.3. The Morgan fingerprint density at radius 1 is 1.00 bits per heavy atom. The van der Waals surface area contributed by atoms with E-state index in [0.717, 1.165) is 27.9 Å². The number of nitrogens with zero attached hydrogens (tertiary/aromatic N) is 3. The van der Waals surface area contributed by atoms with E-state index in [1.54, 1.807) is 18.6 Å². The van der Waals surface area contributed by atoms with E-state index in [9.17, 15) is 5.11 Å². The number of hydrogen-bond donors (Lipinski definition) is 1. The molecule has 0 bridgehead atoms. The number of para-hydroxylation sites is 1. The van der Waals surface area contributed by atoms with E-state index in [2.05, 4.69) is 15.0 Å². The Balaban J connectivity index is 2.11. The van der Waals surface area contributed by atoms with Crippen molar-refractivity contribution >= 4 is 11.0 Å². The number of pyridine rings is 1. The second-order valence-corrected chi connectivity index (χ2v) is 4.41. The molecule has 1 atom stereocenters. The van der Waals surface area contributed by atoms with Gasteiger partial charge in [0, 0.05) is 35.4 Å². The third kappa shape index (κ3) is 2.18. The van der Waals surface area contributed by atoms with Crippen LogP contribution >= 0.6 is 0 Å². The van der Waals surface area contributed by atoms with Gasteiger partial charge in [-0.1, -0.05) is 18.2 Å². The van der Waals surface area contributed by atoms with Gasteiger partial charge in [0.1, 0.15) is 6.10 Å². The lowest BCUT2D eigenvalue weighted by Crippen LogP contribution is -2.02. The number of fused-ring (bicyclic) bond motifs is 1. The van der Waals surface area contributed by atoms with Gasteiger partial charge in [-0.25, -0.2) is 0 Å². The van der Waals surface area contributed by atoms with E-state index in [1.165, 1.54) is 0 Å². The minimum atomic E-state index is -0.742. The Labute approximate surface area is 110 Å². The van der Waals surface area contributed by atoms with Crippen LogP contribution in [-0.2, 0) is 0 Å². The van der Waals surface area contributed by atoms with Crippen molar-refractivity contribution in [1.82, 2.24) is 15.0 Å². The summed E-state index contributed by atoms with van der Waals surface area (Å²) in [6.45, 7) is 1.92. The van der Waals surface area contributed by atoms with Gasteiger partial charge in [-0.05, 0) is 19.1 Å². The molecule has 1 unspecified atom stereocenters.